The highest BCUT2D eigenvalue weighted by Crippen LogP contribution is 2.39. The van der Waals surface area contributed by atoms with Crippen LogP contribution in [-0.2, 0) is 15.8 Å². The molecule has 0 spiro atoms. The van der Waals surface area contributed by atoms with Crippen molar-refractivity contribution in [3.63, 3.8) is 0 Å². The number of hydrogen-bond donors (Lipinski definition) is 2. The van der Waals surface area contributed by atoms with Gasteiger partial charge in [0.1, 0.15) is 17.7 Å². The van der Waals surface area contributed by atoms with Gasteiger partial charge in [-0.25, -0.2) is 9.78 Å². The van der Waals surface area contributed by atoms with Gasteiger partial charge in [0.15, 0.2) is 0 Å². The minimum Gasteiger partial charge on any atom is -0.496 e. The van der Waals surface area contributed by atoms with Gasteiger partial charge in [0.25, 0.3) is 0 Å². The number of anilines is 1. The van der Waals surface area contributed by atoms with Crippen LogP contribution in [0.5, 0.6) is 5.75 Å². The fraction of sp³-hybridized carbons (Fsp3) is 0.556. The van der Waals surface area contributed by atoms with Crippen LogP contribution in [0.25, 0.3) is 11.1 Å². The molecule has 2 heterocycles. The molecule has 2 N–H and O–H groups in total. The maximum Gasteiger partial charge on any atom is 0.504 e. The first kappa shape index (κ1) is 36.2. The second-order valence-electron chi connectivity index (χ2n) is 14.0. The fourth-order valence-electron chi connectivity index (χ4n) is 6.87. The number of hydrogen-bond acceptors (Lipinski definition) is 7. The van der Waals surface area contributed by atoms with Crippen molar-refractivity contribution in [2.45, 2.75) is 96.1 Å². The molecule has 13 heteroatoms. The quantitative estimate of drug-likeness (QED) is 0.234. The molecule has 1 aromatic carbocycles. The summed E-state index contributed by atoms with van der Waals surface area (Å²) >= 11 is 0. The lowest BCUT2D eigenvalue weighted by Gasteiger charge is -2.35. The monoisotopic (exact) mass is 685 g/mol. The van der Waals surface area contributed by atoms with Crippen LogP contribution in [0.15, 0.2) is 48.9 Å². The number of amides is 2. The predicted octanol–water partition coefficient (Wildman–Crippen LogP) is 7.10. The van der Waals surface area contributed by atoms with Crippen LogP contribution in [0.4, 0.5) is 23.8 Å². The number of aromatic nitrogens is 3. The number of rotatable bonds is 10. The van der Waals surface area contributed by atoms with Crippen LogP contribution in [0, 0.1) is 18.8 Å². The lowest BCUT2D eigenvalue weighted by Crippen LogP contribution is -2.43. The highest BCUT2D eigenvalue weighted by atomic mass is 19.4. The van der Waals surface area contributed by atoms with Gasteiger partial charge < -0.3 is 19.9 Å². The summed E-state index contributed by atoms with van der Waals surface area (Å²) < 4.78 is 50.7. The summed E-state index contributed by atoms with van der Waals surface area (Å²) in [7, 11) is 1.67. The maximum atomic E-state index is 14.2. The molecule has 5 rings (SSSR count). The third-order valence-electron chi connectivity index (χ3n) is 9.60. The molecule has 0 saturated heterocycles. The fourth-order valence-corrected chi connectivity index (χ4v) is 6.87. The molecule has 49 heavy (non-hydrogen) atoms. The van der Waals surface area contributed by atoms with Crippen molar-refractivity contribution in [1.29, 1.82) is 0 Å². The molecule has 3 aromatic rings. The lowest BCUT2D eigenvalue weighted by atomic mass is 9.78. The SMILES string of the molecule is COc1ccc(C2CCC(CN(C(=O)C3CCC(OC(=O)NCC(C)(C)O)CC3)c3cc(-c4cnn(C(F)(F)F)c4)ccn3)CC2)cc1C. The van der Waals surface area contributed by atoms with Crippen molar-refractivity contribution < 1.29 is 37.3 Å². The molecule has 2 aliphatic rings. The number of aliphatic hydroxyl groups is 1. The van der Waals surface area contributed by atoms with Gasteiger partial charge in [0.05, 0.1) is 18.9 Å². The van der Waals surface area contributed by atoms with Crippen molar-refractivity contribution in [1.82, 2.24) is 20.1 Å². The Kier molecular flexibility index (Phi) is 11.2. The number of nitrogens with zero attached hydrogens (tertiary/aromatic N) is 4. The van der Waals surface area contributed by atoms with Crippen molar-refractivity contribution in [3.8, 4) is 16.9 Å². The van der Waals surface area contributed by atoms with Crippen LogP contribution in [-0.4, -0.2) is 63.8 Å². The van der Waals surface area contributed by atoms with Gasteiger partial charge in [0.2, 0.25) is 5.91 Å². The third kappa shape index (κ3) is 9.52. The summed E-state index contributed by atoms with van der Waals surface area (Å²) in [6, 6.07) is 9.59. The molecule has 266 valence electrons. The van der Waals surface area contributed by atoms with Crippen LogP contribution in [0.2, 0.25) is 0 Å². The van der Waals surface area contributed by atoms with Gasteiger partial charge >= 0.3 is 12.4 Å². The Bertz CT molecular complexity index is 1590. The summed E-state index contributed by atoms with van der Waals surface area (Å²) in [5.41, 5.74) is 2.06. The zero-order valence-corrected chi connectivity index (χ0v) is 28.5. The van der Waals surface area contributed by atoms with Gasteiger partial charge in [-0.05, 0) is 119 Å². The third-order valence-corrected chi connectivity index (χ3v) is 9.60. The lowest BCUT2D eigenvalue weighted by molar-refractivity contribution is -0.212. The summed E-state index contributed by atoms with van der Waals surface area (Å²) in [4.78, 5) is 32.7. The van der Waals surface area contributed by atoms with Gasteiger partial charge in [0, 0.05) is 37.0 Å². The molecule has 10 nitrogen and oxygen atoms in total. The second-order valence-corrected chi connectivity index (χ2v) is 14.0. The van der Waals surface area contributed by atoms with E-state index in [-0.39, 0.29) is 40.6 Å². The number of carbonyl (C=O) groups is 2. The molecule has 2 amide bonds. The number of ether oxygens (including phenoxy) is 2. The first-order valence-electron chi connectivity index (χ1n) is 16.9. The van der Waals surface area contributed by atoms with Crippen LogP contribution in [0.1, 0.15) is 82.3 Å². The van der Waals surface area contributed by atoms with E-state index < -0.39 is 18.0 Å². The second kappa shape index (κ2) is 15.2. The van der Waals surface area contributed by atoms with Gasteiger partial charge in [-0.3, -0.25) is 9.69 Å². The minimum atomic E-state index is -4.64. The van der Waals surface area contributed by atoms with E-state index in [1.54, 1.807) is 38.0 Å². The van der Waals surface area contributed by atoms with E-state index in [4.69, 9.17) is 9.47 Å². The van der Waals surface area contributed by atoms with Crippen LogP contribution >= 0.6 is 0 Å². The van der Waals surface area contributed by atoms with E-state index in [2.05, 4.69) is 27.5 Å². The molecule has 2 fully saturated rings. The summed E-state index contributed by atoms with van der Waals surface area (Å²) in [6.45, 7) is 5.71. The smallest absolute Gasteiger partial charge is 0.496 e. The molecule has 2 aromatic heterocycles. The molecule has 2 saturated carbocycles. The number of pyridine rings is 1. The topological polar surface area (TPSA) is 119 Å². The van der Waals surface area contributed by atoms with Crippen molar-refractivity contribution in [3.05, 3.63) is 60.0 Å². The molecule has 2 aliphatic carbocycles. The average Bonchev–Trinajstić information content (AvgIpc) is 3.58. The zero-order chi connectivity index (χ0) is 35.3. The summed E-state index contributed by atoms with van der Waals surface area (Å²) in [5.74, 6) is 1.47. The summed E-state index contributed by atoms with van der Waals surface area (Å²) in [6.07, 6.45) is 3.82. The van der Waals surface area contributed by atoms with Gasteiger partial charge in [-0.1, -0.05) is 12.1 Å². The number of alkyl halides is 3. The normalized spacial score (nSPS) is 21.6. The minimum absolute atomic E-state index is 0.0421. The first-order chi connectivity index (χ1) is 23.2. The molecule has 0 atom stereocenters. The highest BCUT2D eigenvalue weighted by Gasteiger charge is 2.35. The van der Waals surface area contributed by atoms with E-state index in [0.717, 1.165) is 49.4 Å². The van der Waals surface area contributed by atoms with E-state index >= 15 is 0 Å². The number of halogens is 3. The molecule has 0 aliphatic heterocycles. The Balaban J connectivity index is 1.29. The number of benzene rings is 1. The van der Waals surface area contributed by atoms with E-state index in [1.165, 1.54) is 11.8 Å². The van der Waals surface area contributed by atoms with E-state index in [0.29, 0.717) is 49.5 Å². The zero-order valence-electron chi connectivity index (χ0n) is 28.5. The Morgan fingerprint density at radius 1 is 1.02 bits per heavy atom. The molecule has 0 unspecified atom stereocenters. The molecular weight excluding hydrogens is 639 g/mol. The Hall–Kier alpha value is -4.13. The molecule has 0 bridgehead atoms. The Morgan fingerprint density at radius 2 is 1.73 bits per heavy atom. The maximum absolute atomic E-state index is 14.2. The number of nitrogens with one attached hydrogen (secondary N) is 1. The van der Waals surface area contributed by atoms with Crippen molar-refractivity contribution in [2.24, 2.45) is 11.8 Å². The van der Waals surface area contributed by atoms with Crippen LogP contribution in [0.3, 0.4) is 0 Å². The predicted molar refractivity (Wildman–Crippen MR) is 178 cm³/mol. The number of carbonyl (C=O) groups excluding carboxylic acids is 2. The van der Waals surface area contributed by atoms with E-state index in [1.807, 2.05) is 13.0 Å². The van der Waals surface area contributed by atoms with Gasteiger partial charge in [-0.2, -0.15) is 9.78 Å². The summed E-state index contributed by atoms with van der Waals surface area (Å²) in [5, 5.41) is 15.9. The number of methoxy groups -OCH3 is 1. The molecular formula is C36H46F3N5O5. The highest BCUT2D eigenvalue weighted by molar-refractivity contribution is 5.94. The average molecular weight is 686 g/mol. The Labute approximate surface area is 285 Å². The Morgan fingerprint density at radius 3 is 2.35 bits per heavy atom. The number of alkyl carbamates (subject to hydrolysis) is 1. The number of aryl methyl sites for hydroxylation is 1. The van der Waals surface area contributed by atoms with Crippen LogP contribution < -0.4 is 15.0 Å². The van der Waals surface area contributed by atoms with Gasteiger partial charge in [-0.15, -0.1) is 13.2 Å². The standard InChI is InChI=1S/C36H46F3N5O5/c1-23-17-27(11-14-31(23)48-4)25-7-5-24(6-8-25)20-43(32-18-28(15-16-40-32)29-19-42-44(21-29)36(37,38)39)33(45)26-9-12-30(13-10-26)49-34(46)41-22-35(2,3)47/h11,14-19,21,24-26,30,47H,5-10,12-13,20,22H2,1-4H3,(H,41,46). The van der Waals surface area contributed by atoms with E-state index in [9.17, 15) is 27.9 Å². The first-order valence-corrected chi connectivity index (χ1v) is 16.9. The largest absolute Gasteiger partial charge is 0.504 e. The molecule has 0 radical (unpaired) electrons. The van der Waals surface area contributed by atoms with Crippen molar-refractivity contribution in [2.75, 3.05) is 25.1 Å². The van der Waals surface area contributed by atoms with Crippen molar-refractivity contribution >= 4 is 17.8 Å².